The van der Waals surface area contributed by atoms with Gasteiger partial charge in [0.15, 0.2) is 0 Å². The lowest BCUT2D eigenvalue weighted by Crippen LogP contribution is -2.21. The number of hydrogen-bond acceptors (Lipinski definition) is 4. The highest BCUT2D eigenvalue weighted by Gasteiger charge is 1.97. The average Bonchev–Trinajstić information content (AvgIpc) is 2.57. The van der Waals surface area contributed by atoms with Crippen LogP contribution in [-0.4, -0.2) is 34.8 Å². The van der Waals surface area contributed by atoms with Crippen molar-refractivity contribution in [1.29, 1.82) is 0 Å². The third kappa shape index (κ3) is 4.71. The summed E-state index contributed by atoms with van der Waals surface area (Å²) >= 11 is 0. The van der Waals surface area contributed by atoms with Gasteiger partial charge in [0.05, 0.1) is 25.1 Å². The molecular formula is C10H18N4O. The Bertz CT molecular complexity index is 308. The van der Waals surface area contributed by atoms with Crippen molar-refractivity contribution in [1.82, 2.24) is 20.3 Å². The number of ether oxygens (including phenoxy) is 1. The molecule has 0 aliphatic rings. The predicted molar refractivity (Wildman–Crippen MR) is 58.3 cm³/mol. The molecule has 0 aromatic carbocycles. The summed E-state index contributed by atoms with van der Waals surface area (Å²) in [6, 6.07) is 0. The maximum absolute atomic E-state index is 5.34. The fraction of sp³-hybridized carbons (Fsp3) is 0.600. The molecule has 1 N–H and O–H groups in total. The highest BCUT2D eigenvalue weighted by atomic mass is 16.5. The van der Waals surface area contributed by atoms with E-state index in [2.05, 4.69) is 22.2 Å². The standard InChI is InChI=1S/C10H18N4O/c1-9(2)8-15-5-4-11-6-10-7-12-13-14(10)3/h7,11H,1,4-6,8H2,2-3H3. The maximum atomic E-state index is 5.34. The zero-order valence-corrected chi connectivity index (χ0v) is 9.36. The fourth-order valence-corrected chi connectivity index (χ4v) is 1.08. The van der Waals surface area contributed by atoms with E-state index in [9.17, 15) is 0 Å². The lowest BCUT2D eigenvalue weighted by atomic mass is 10.4. The molecule has 1 aromatic rings. The molecule has 1 aromatic heterocycles. The van der Waals surface area contributed by atoms with Gasteiger partial charge in [-0.1, -0.05) is 17.4 Å². The van der Waals surface area contributed by atoms with Gasteiger partial charge in [0.2, 0.25) is 0 Å². The third-order valence-electron chi connectivity index (χ3n) is 1.89. The Labute approximate surface area is 90.1 Å². The molecule has 5 nitrogen and oxygen atoms in total. The van der Waals surface area contributed by atoms with Gasteiger partial charge in [-0.3, -0.25) is 4.68 Å². The summed E-state index contributed by atoms with van der Waals surface area (Å²) < 4.78 is 7.10. The van der Waals surface area contributed by atoms with Gasteiger partial charge < -0.3 is 10.1 Å². The van der Waals surface area contributed by atoms with E-state index in [4.69, 9.17) is 4.74 Å². The summed E-state index contributed by atoms with van der Waals surface area (Å²) in [6.45, 7) is 8.62. The Balaban J connectivity index is 2.03. The van der Waals surface area contributed by atoms with Crippen molar-refractivity contribution in [2.75, 3.05) is 19.8 Å². The molecule has 0 aliphatic heterocycles. The molecule has 0 amide bonds. The predicted octanol–water partition coefficient (Wildman–Crippen LogP) is 0.497. The minimum absolute atomic E-state index is 0.634. The topological polar surface area (TPSA) is 52.0 Å². The number of aryl methyl sites for hydroxylation is 1. The second kappa shape index (κ2) is 6.31. The third-order valence-corrected chi connectivity index (χ3v) is 1.89. The van der Waals surface area contributed by atoms with Crippen molar-refractivity contribution < 1.29 is 4.74 Å². The lowest BCUT2D eigenvalue weighted by Gasteiger charge is -2.05. The zero-order valence-electron chi connectivity index (χ0n) is 9.36. The van der Waals surface area contributed by atoms with E-state index < -0.39 is 0 Å². The van der Waals surface area contributed by atoms with Crippen LogP contribution in [0.2, 0.25) is 0 Å². The van der Waals surface area contributed by atoms with Gasteiger partial charge in [-0.25, -0.2) is 0 Å². The molecule has 0 radical (unpaired) electrons. The molecule has 15 heavy (non-hydrogen) atoms. The Hall–Kier alpha value is -1.20. The van der Waals surface area contributed by atoms with E-state index in [1.165, 1.54) is 0 Å². The largest absolute Gasteiger partial charge is 0.376 e. The van der Waals surface area contributed by atoms with Gasteiger partial charge in [-0.2, -0.15) is 0 Å². The average molecular weight is 210 g/mol. The molecule has 0 bridgehead atoms. The first kappa shape index (κ1) is 11.9. The lowest BCUT2D eigenvalue weighted by molar-refractivity contribution is 0.157. The van der Waals surface area contributed by atoms with Gasteiger partial charge in [0.1, 0.15) is 0 Å². The van der Waals surface area contributed by atoms with Crippen LogP contribution in [0.15, 0.2) is 18.3 Å². The van der Waals surface area contributed by atoms with Crippen LogP contribution < -0.4 is 5.32 Å². The maximum Gasteiger partial charge on any atom is 0.0738 e. The first-order valence-electron chi connectivity index (χ1n) is 4.96. The fourth-order valence-electron chi connectivity index (χ4n) is 1.08. The number of nitrogens with one attached hydrogen (secondary N) is 1. The van der Waals surface area contributed by atoms with Gasteiger partial charge in [-0.15, -0.1) is 5.10 Å². The van der Waals surface area contributed by atoms with Crippen LogP contribution in [0, 0.1) is 0 Å². The summed E-state index contributed by atoms with van der Waals surface area (Å²) in [6.07, 6.45) is 1.75. The smallest absolute Gasteiger partial charge is 0.0738 e. The summed E-state index contributed by atoms with van der Waals surface area (Å²) in [5.74, 6) is 0. The van der Waals surface area contributed by atoms with E-state index in [-0.39, 0.29) is 0 Å². The van der Waals surface area contributed by atoms with Crippen LogP contribution in [0.3, 0.4) is 0 Å². The first-order valence-corrected chi connectivity index (χ1v) is 4.96. The normalized spacial score (nSPS) is 10.5. The van der Waals surface area contributed by atoms with E-state index in [0.717, 1.165) is 24.4 Å². The second-order valence-electron chi connectivity index (χ2n) is 3.54. The Kier molecular flexibility index (Phi) is 5.00. The van der Waals surface area contributed by atoms with Crippen molar-refractivity contribution >= 4 is 0 Å². The van der Waals surface area contributed by atoms with Gasteiger partial charge in [0.25, 0.3) is 0 Å². The minimum Gasteiger partial charge on any atom is -0.376 e. The molecule has 0 unspecified atom stereocenters. The summed E-state index contributed by atoms with van der Waals surface area (Å²) in [7, 11) is 1.88. The SMILES string of the molecule is C=C(C)COCCNCc1cnnn1C. The van der Waals surface area contributed by atoms with Crippen LogP contribution in [0.4, 0.5) is 0 Å². The summed E-state index contributed by atoms with van der Waals surface area (Å²) in [4.78, 5) is 0. The van der Waals surface area contributed by atoms with E-state index in [1.807, 2.05) is 14.0 Å². The zero-order chi connectivity index (χ0) is 11.1. The van der Waals surface area contributed by atoms with Crippen molar-refractivity contribution in [2.45, 2.75) is 13.5 Å². The highest BCUT2D eigenvalue weighted by molar-refractivity contribution is 4.92. The van der Waals surface area contributed by atoms with E-state index in [1.54, 1.807) is 10.9 Å². The Morgan fingerprint density at radius 1 is 1.67 bits per heavy atom. The van der Waals surface area contributed by atoms with Gasteiger partial charge in [-0.05, 0) is 6.92 Å². The number of aromatic nitrogens is 3. The van der Waals surface area contributed by atoms with E-state index >= 15 is 0 Å². The van der Waals surface area contributed by atoms with Crippen molar-refractivity contribution in [3.63, 3.8) is 0 Å². The quantitative estimate of drug-likeness (QED) is 0.526. The molecule has 0 aliphatic carbocycles. The molecular weight excluding hydrogens is 192 g/mol. The minimum atomic E-state index is 0.634. The van der Waals surface area contributed by atoms with Gasteiger partial charge >= 0.3 is 0 Å². The molecule has 84 valence electrons. The molecule has 1 heterocycles. The molecule has 1 rings (SSSR count). The molecule has 0 atom stereocenters. The van der Waals surface area contributed by atoms with Crippen LogP contribution in [-0.2, 0) is 18.3 Å². The Morgan fingerprint density at radius 3 is 3.07 bits per heavy atom. The number of hydrogen-bond donors (Lipinski definition) is 1. The van der Waals surface area contributed by atoms with Gasteiger partial charge in [0, 0.05) is 20.1 Å². The summed E-state index contributed by atoms with van der Waals surface area (Å²) in [5.41, 5.74) is 2.11. The Morgan fingerprint density at radius 2 is 2.47 bits per heavy atom. The molecule has 0 fully saturated rings. The van der Waals surface area contributed by atoms with Crippen LogP contribution in [0.5, 0.6) is 0 Å². The summed E-state index contributed by atoms with van der Waals surface area (Å²) in [5, 5.41) is 10.9. The van der Waals surface area contributed by atoms with Crippen molar-refractivity contribution in [3.8, 4) is 0 Å². The number of nitrogens with zero attached hydrogens (tertiary/aromatic N) is 3. The highest BCUT2D eigenvalue weighted by Crippen LogP contribution is 1.91. The second-order valence-corrected chi connectivity index (χ2v) is 3.54. The first-order chi connectivity index (χ1) is 7.20. The van der Waals surface area contributed by atoms with Crippen molar-refractivity contribution in [3.05, 3.63) is 24.0 Å². The van der Waals surface area contributed by atoms with Crippen LogP contribution in [0.1, 0.15) is 12.6 Å². The van der Waals surface area contributed by atoms with Crippen molar-refractivity contribution in [2.24, 2.45) is 7.05 Å². The monoisotopic (exact) mass is 210 g/mol. The molecule has 0 saturated carbocycles. The van der Waals surface area contributed by atoms with Crippen LogP contribution >= 0.6 is 0 Å². The molecule has 0 saturated heterocycles. The van der Waals surface area contributed by atoms with E-state index in [0.29, 0.717) is 13.2 Å². The number of rotatable bonds is 7. The molecule has 0 spiro atoms. The van der Waals surface area contributed by atoms with Crippen LogP contribution in [0.25, 0.3) is 0 Å². The molecule has 5 heteroatoms.